The lowest BCUT2D eigenvalue weighted by molar-refractivity contribution is 0.0560. The molecule has 0 aliphatic carbocycles. The molecular weight excluding hydrogens is 492 g/mol. The number of anilines is 1. The topological polar surface area (TPSA) is 75.2 Å². The average Bonchev–Trinajstić information content (AvgIpc) is 2.95. The Morgan fingerprint density at radius 2 is 1.73 bits per heavy atom. The molecule has 2 aromatic carbocycles. The van der Waals surface area contributed by atoms with Crippen LogP contribution in [0.4, 0.5) is 10.5 Å². The van der Waals surface area contributed by atoms with Crippen LogP contribution < -0.4 is 4.90 Å². The quantitative estimate of drug-likeness (QED) is 0.483. The van der Waals surface area contributed by atoms with Gasteiger partial charge >= 0.3 is 6.09 Å². The molecule has 0 bridgehead atoms. The number of morpholine rings is 1. The average molecular weight is 523 g/mol. The van der Waals surface area contributed by atoms with Gasteiger partial charge in [0.2, 0.25) is 0 Å². The molecule has 5 rings (SSSR count). The zero-order valence-corrected chi connectivity index (χ0v) is 21.7. The maximum absolute atomic E-state index is 13.3. The van der Waals surface area contributed by atoms with Crippen molar-refractivity contribution >= 4 is 40.2 Å². The molecule has 8 nitrogen and oxygen atoms in total. The maximum atomic E-state index is 13.3. The number of hydrogen-bond acceptors (Lipinski definition) is 6. The fraction of sp³-hybridized carbons (Fsp3) is 0.393. The van der Waals surface area contributed by atoms with Gasteiger partial charge in [-0.3, -0.25) is 4.79 Å². The van der Waals surface area contributed by atoms with E-state index >= 15 is 0 Å². The summed E-state index contributed by atoms with van der Waals surface area (Å²) in [5.74, 6) is -0.0823. The Morgan fingerprint density at radius 3 is 2.49 bits per heavy atom. The Hall–Kier alpha value is -3.36. The molecule has 0 unspecified atom stereocenters. The van der Waals surface area contributed by atoms with Gasteiger partial charge in [-0.15, -0.1) is 0 Å². The van der Waals surface area contributed by atoms with Crippen molar-refractivity contribution in [2.75, 3.05) is 64.0 Å². The van der Waals surface area contributed by atoms with Crippen LogP contribution in [0, 0.1) is 0 Å². The monoisotopic (exact) mass is 522 g/mol. The number of aromatic nitrogens is 1. The van der Waals surface area contributed by atoms with Gasteiger partial charge < -0.3 is 24.2 Å². The van der Waals surface area contributed by atoms with Crippen LogP contribution in [0.5, 0.6) is 0 Å². The molecule has 0 spiro atoms. The number of pyridine rings is 1. The predicted molar refractivity (Wildman–Crippen MR) is 144 cm³/mol. The van der Waals surface area contributed by atoms with Crippen molar-refractivity contribution in [1.82, 2.24) is 14.8 Å². The molecule has 0 N–H and O–H groups in total. The van der Waals surface area contributed by atoms with Gasteiger partial charge in [-0.05, 0) is 36.8 Å². The highest BCUT2D eigenvalue weighted by Crippen LogP contribution is 2.31. The molecule has 2 fully saturated rings. The van der Waals surface area contributed by atoms with E-state index in [0.29, 0.717) is 48.9 Å². The third-order valence-corrected chi connectivity index (χ3v) is 7.09. The Balaban J connectivity index is 1.34. The van der Waals surface area contributed by atoms with Gasteiger partial charge in [0.15, 0.2) is 0 Å². The summed E-state index contributed by atoms with van der Waals surface area (Å²) in [6.45, 7) is 7.35. The standard InChI is InChI=1S/C28H31ClN4O4/c1-2-14-37-28(35)33-10-8-32(9-11-33)27(34)21-6-7-23-24(29)19-25(30-26(23)18-21)20-4-3-5-22(17-20)31-12-15-36-16-13-31/h3-7,17-19H,2,8-16H2,1H3. The summed E-state index contributed by atoms with van der Waals surface area (Å²) in [5.41, 5.74) is 4.08. The van der Waals surface area contributed by atoms with E-state index in [1.807, 2.05) is 31.2 Å². The second kappa shape index (κ2) is 11.4. The largest absolute Gasteiger partial charge is 0.449 e. The van der Waals surface area contributed by atoms with Crippen molar-refractivity contribution in [3.63, 3.8) is 0 Å². The van der Waals surface area contributed by atoms with Gasteiger partial charge in [-0.1, -0.05) is 36.7 Å². The summed E-state index contributed by atoms with van der Waals surface area (Å²) in [4.78, 5) is 36.0. The Kier molecular flexibility index (Phi) is 7.76. The lowest BCUT2D eigenvalue weighted by Gasteiger charge is -2.34. The highest BCUT2D eigenvalue weighted by molar-refractivity contribution is 6.35. The molecule has 0 radical (unpaired) electrons. The van der Waals surface area contributed by atoms with E-state index < -0.39 is 0 Å². The van der Waals surface area contributed by atoms with Crippen molar-refractivity contribution in [2.45, 2.75) is 13.3 Å². The summed E-state index contributed by atoms with van der Waals surface area (Å²) in [7, 11) is 0. The number of carbonyl (C=O) groups is 2. The highest BCUT2D eigenvalue weighted by atomic mass is 35.5. The lowest BCUT2D eigenvalue weighted by atomic mass is 10.1. The van der Waals surface area contributed by atoms with Crippen molar-refractivity contribution in [1.29, 1.82) is 0 Å². The molecule has 2 aliphatic heterocycles. The van der Waals surface area contributed by atoms with Crippen LogP contribution in [0.2, 0.25) is 5.02 Å². The minimum atomic E-state index is -0.316. The van der Waals surface area contributed by atoms with Crippen LogP contribution in [-0.4, -0.2) is 85.9 Å². The summed E-state index contributed by atoms with van der Waals surface area (Å²) < 4.78 is 10.7. The fourth-order valence-corrected chi connectivity index (χ4v) is 4.97. The number of amides is 2. The van der Waals surface area contributed by atoms with Gasteiger partial charge in [-0.25, -0.2) is 9.78 Å². The first-order valence-electron chi connectivity index (χ1n) is 12.8. The van der Waals surface area contributed by atoms with Crippen molar-refractivity contribution in [3.05, 3.63) is 59.1 Å². The molecule has 3 heterocycles. The van der Waals surface area contributed by atoms with E-state index in [1.165, 1.54) is 0 Å². The number of halogens is 1. The van der Waals surface area contributed by atoms with E-state index in [-0.39, 0.29) is 12.0 Å². The Labute approximate surface area is 221 Å². The van der Waals surface area contributed by atoms with Gasteiger partial charge in [-0.2, -0.15) is 0 Å². The number of ether oxygens (including phenoxy) is 2. The van der Waals surface area contributed by atoms with Crippen molar-refractivity contribution in [2.24, 2.45) is 0 Å². The SMILES string of the molecule is CCCOC(=O)N1CCN(C(=O)c2ccc3c(Cl)cc(-c4cccc(N5CCOCC5)c4)nc3c2)CC1. The summed E-state index contributed by atoms with van der Waals surface area (Å²) in [6, 6.07) is 15.6. The first-order valence-corrected chi connectivity index (χ1v) is 13.2. The minimum absolute atomic E-state index is 0.0823. The fourth-order valence-electron chi connectivity index (χ4n) is 4.71. The van der Waals surface area contributed by atoms with Crippen LogP contribution in [0.25, 0.3) is 22.2 Å². The molecule has 37 heavy (non-hydrogen) atoms. The third kappa shape index (κ3) is 5.65. The molecule has 3 aromatic rings. The number of piperazine rings is 1. The van der Waals surface area contributed by atoms with Crippen LogP contribution in [0.1, 0.15) is 23.7 Å². The van der Waals surface area contributed by atoms with Crippen molar-refractivity contribution < 1.29 is 19.1 Å². The van der Waals surface area contributed by atoms with Crippen LogP contribution in [0.15, 0.2) is 48.5 Å². The van der Waals surface area contributed by atoms with Gasteiger partial charge in [0.05, 0.1) is 36.1 Å². The van der Waals surface area contributed by atoms with E-state index in [2.05, 4.69) is 17.0 Å². The predicted octanol–water partition coefficient (Wildman–Crippen LogP) is 4.70. The second-order valence-corrected chi connectivity index (χ2v) is 9.67. The smallest absolute Gasteiger partial charge is 0.409 e. The number of benzene rings is 2. The molecule has 2 amide bonds. The molecule has 2 saturated heterocycles. The van der Waals surface area contributed by atoms with Crippen LogP contribution in [0.3, 0.4) is 0 Å². The highest BCUT2D eigenvalue weighted by Gasteiger charge is 2.26. The first kappa shape index (κ1) is 25.3. The molecule has 0 saturated carbocycles. The lowest BCUT2D eigenvalue weighted by Crippen LogP contribution is -2.50. The van der Waals surface area contributed by atoms with Gasteiger partial charge in [0.25, 0.3) is 5.91 Å². The summed E-state index contributed by atoms with van der Waals surface area (Å²) >= 11 is 6.65. The number of rotatable bonds is 5. The van der Waals surface area contributed by atoms with E-state index in [4.69, 9.17) is 26.1 Å². The number of nitrogens with zero attached hydrogens (tertiary/aromatic N) is 4. The van der Waals surface area contributed by atoms with Crippen molar-refractivity contribution in [3.8, 4) is 11.3 Å². The van der Waals surface area contributed by atoms with Gasteiger partial charge in [0.1, 0.15) is 0 Å². The molecule has 194 valence electrons. The Bertz CT molecular complexity index is 1290. The summed E-state index contributed by atoms with van der Waals surface area (Å²) in [5, 5.41) is 1.39. The zero-order valence-electron chi connectivity index (χ0n) is 21.0. The minimum Gasteiger partial charge on any atom is -0.449 e. The molecule has 9 heteroatoms. The Morgan fingerprint density at radius 1 is 0.973 bits per heavy atom. The molecular formula is C28H31ClN4O4. The second-order valence-electron chi connectivity index (χ2n) is 9.26. The van der Waals surface area contributed by atoms with Crippen LogP contribution >= 0.6 is 11.6 Å². The van der Waals surface area contributed by atoms with E-state index in [0.717, 1.165) is 55.1 Å². The zero-order chi connectivity index (χ0) is 25.8. The van der Waals surface area contributed by atoms with E-state index in [9.17, 15) is 9.59 Å². The number of hydrogen-bond donors (Lipinski definition) is 0. The summed E-state index contributed by atoms with van der Waals surface area (Å²) in [6.07, 6.45) is 0.467. The number of fused-ring (bicyclic) bond motifs is 1. The first-order chi connectivity index (χ1) is 18.0. The molecule has 1 aromatic heterocycles. The van der Waals surface area contributed by atoms with Crippen LogP contribution in [-0.2, 0) is 9.47 Å². The molecule has 0 atom stereocenters. The maximum Gasteiger partial charge on any atom is 0.409 e. The third-order valence-electron chi connectivity index (χ3n) is 6.78. The van der Waals surface area contributed by atoms with Gasteiger partial charge in [0, 0.05) is 61.5 Å². The number of carbonyl (C=O) groups excluding carboxylic acids is 2. The van der Waals surface area contributed by atoms with E-state index in [1.54, 1.807) is 21.9 Å². The molecule has 2 aliphatic rings. The normalized spacial score (nSPS) is 16.2.